The number of nitrogens with one attached hydrogen (secondary N) is 1. The van der Waals surface area contributed by atoms with E-state index in [4.69, 9.17) is 0 Å². The van der Waals surface area contributed by atoms with E-state index in [0.717, 1.165) is 23.1 Å². The van der Waals surface area contributed by atoms with Gasteiger partial charge in [0.25, 0.3) is 0 Å². The number of rotatable bonds is 4. The Bertz CT molecular complexity index is 1190. The third kappa shape index (κ3) is 4.67. The van der Waals surface area contributed by atoms with E-state index in [2.05, 4.69) is 25.1 Å². The highest BCUT2D eigenvalue weighted by molar-refractivity contribution is 5.82. The van der Waals surface area contributed by atoms with Crippen molar-refractivity contribution in [2.45, 2.75) is 31.6 Å². The standard InChI is InChI=1S/C26H26F3N5O/c1-17(18-5-3-2-4-6-18)32-25(35)21-14-19-13-20(26(27,28)29)7-8-22(19)34-12-11-33(16-23(21)34)24-15-30-9-10-31-24/h2-10,13,15,17,21,23H,11-12,14,16H2,1H3,(H,32,35)/t17-,21+,23+/m0/s1. The molecule has 0 bridgehead atoms. The highest BCUT2D eigenvalue weighted by Crippen LogP contribution is 2.40. The molecule has 3 atom stereocenters. The summed E-state index contributed by atoms with van der Waals surface area (Å²) in [4.78, 5) is 26.3. The quantitative estimate of drug-likeness (QED) is 0.604. The van der Waals surface area contributed by atoms with E-state index in [9.17, 15) is 18.0 Å². The second-order valence-electron chi connectivity index (χ2n) is 9.06. The molecule has 6 nitrogen and oxygen atoms in total. The number of alkyl halides is 3. The van der Waals surface area contributed by atoms with Crippen molar-refractivity contribution in [1.29, 1.82) is 0 Å². The topological polar surface area (TPSA) is 61.4 Å². The van der Waals surface area contributed by atoms with Crippen LogP contribution in [0.25, 0.3) is 0 Å². The van der Waals surface area contributed by atoms with Crippen LogP contribution < -0.4 is 15.1 Å². The second kappa shape index (κ2) is 9.20. The lowest BCUT2D eigenvalue weighted by Crippen LogP contribution is -2.61. The summed E-state index contributed by atoms with van der Waals surface area (Å²) in [6.07, 6.45) is 0.727. The van der Waals surface area contributed by atoms with Crippen LogP contribution in [0.5, 0.6) is 0 Å². The third-order valence-corrected chi connectivity index (χ3v) is 6.91. The van der Waals surface area contributed by atoms with Crippen LogP contribution in [0.3, 0.4) is 0 Å². The van der Waals surface area contributed by atoms with Gasteiger partial charge in [0, 0.05) is 37.7 Å². The van der Waals surface area contributed by atoms with Crippen LogP contribution in [-0.4, -0.2) is 41.6 Å². The minimum Gasteiger partial charge on any atom is -0.364 e. The number of carbonyl (C=O) groups is 1. The molecule has 1 amide bonds. The Kier molecular flexibility index (Phi) is 6.08. The molecule has 35 heavy (non-hydrogen) atoms. The molecule has 1 fully saturated rings. The molecule has 182 valence electrons. The number of halogens is 3. The van der Waals surface area contributed by atoms with Crippen molar-refractivity contribution >= 4 is 17.4 Å². The molecule has 0 radical (unpaired) electrons. The van der Waals surface area contributed by atoms with Gasteiger partial charge in [-0.1, -0.05) is 30.3 Å². The minimum atomic E-state index is -4.43. The summed E-state index contributed by atoms with van der Waals surface area (Å²) in [7, 11) is 0. The first-order valence-electron chi connectivity index (χ1n) is 11.6. The smallest absolute Gasteiger partial charge is 0.364 e. The van der Waals surface area contributed by atoms with Gasteiger partial charge in [0.2, 0.25) is 5.91 Å². The Morgan fingerprint density at radius 1 is 1.11 bits per heavy atom. The number of anilines is 2. The molecule has 1 N–H and O–H groups in total. The highest BCUT2D eigenvalue weighted by atomic mass is 19.4. The lowest BCUT2D eigenvalue weighted by atomic mass is 9.82. The molecule has 1 saturated heterocycles. The average Bonchev–Trinajstić information content (AvgIpc) is 2.88. The number of hydrogen-bond donors (Lipinski definition) is 1. The molecule has 3 aromatic rings. The van der Waals surface area contributed by atoms with E-state index >= 15 is 0 Å². The zero-order valence-corrected chi connectivity index (χ0v) is 19.2. The Morgan fingerprint density at radius 2 is 1.91 bits per heavy atom. The molecule has 3 heterocycles. The maximum atomic E-state index is 13.6. The first-order valence-corrected chi connectivity index (χ1v) is 11.6. The minimum absolute atomic E-state index is 0.166. The molecule has 0 spiro atoms. The Labute approximate surface area is 201 Å². The van der Waals surface area contributed by atoms with E-state index < -0.39 is 17.7 Å². The molecular weight excluding hydrogens is 455 g/mol. The lowest BCUT2D eigenvalue weighted by Gasteiger charge is -2.49. The van der Waals surface area contributed by atoms with Gasteiger partial charge in [0.05, 0.1) is 29.8 Å². The summed E-state index contributed by atoms with van der Waals surface area (Å²) < 4.78 is 40.3. The molecule has 2 aliphatic rings. The van der Waals surface area contributed by atoms with Gasteiger partial charge in [-0.05, 0) is 42.7 Å². The molecule has 2 aliphatic heterocycles. The number of aromatic nitrogens is 2. The van der Waals surface area contributed by atoms with Crippen LogP contribution in [0.2, 0.25) is 0 Å². The summed E-state index contributed by atoms with van der Waals surface area (Å²) in [6, 6.07) is 13.1. The van der Waals surface area contributed by atoms with Crippen LogP contribution >= 0.6 is 0 Å². The van der Waals surface area contributed by atoms with Gasteiger partial charge in [0.15, 0.2) is 0 Å². The summed E-state index contributed by atoms with van der Waals surface area (Å²) >= 11 is 0. The molecule has 5 rings (SSSR count). The second-order valence-corrected chi connectivity index (χ2v) is 9.06. The fraction of sp³-hybridized carbons (Fsp3) is 0.346. The molecular formula is C26H26F3N5O. The van der Waals surface area contributed by atoms with Crippen LogP contribution in [0.15, 0.2) is 67.1 Å². The maximum absolute atomic E-state index is 13.6. The molecule has 0 saturated carbocycles. The summed E-state index contributed by atoms with van der Waals surface area (Å²) in [5, 5.41) is 3.09. The average molecular weight is 482 g/mol. The lowest BCUT2D eigenvalue weighted by molar-refractivity contribution is -0.137. The van der Waals surface area contributed by atoms with Crippen LogP contribution in [-0.2, 0) is 17.4 Å². The summed E-state index contributed by atoms with van der Waals surface area (Å²) in [6.45, 7) is 3.63. The predicted molar refractivity (Wildman–Crippen MR) is 127 cm³/mol. The predicted octanol–water partition coefficient (Wildman–Crippen LogP) is 4.24. The van der Waals surface area contributed by atoms with Crippen molar-refractivity contribution in [2.24, 2.45) is 5.92 Å². The van der Waals surface area contributed by atoms with Gasteiger partial charge in [0.1, 0.15) is 5.82 Å². The van der Waals surface area contributed by atoms with Gasteiger partial charge >= 0.3 is 6.18 Å². The Morgan fingerprint density at radius 3 is 2.63 bits per heavy atom. The number of carbonyl (C=O) groups excluding carboxylic acids is 1. The third-order valence-electron chi connectivity index (χ3n) is 6.91. The van der Waals surface area contributed by atoms with Crippen molar-refractivity contribution in [3.05, 3.63) is 83.8 Å². The van der Waals surface area contributed by atoms with Gasteiger partial charge in [-0.15, -0.1) is 0 Å². The zero-order chi connectivity index (χ0) is 24.6. The molecule has 1 aromatic heterocycles. The van der Waals surface area contributed by atoms with E-state index in [0.29, 0.717) is 25.2 Å². The van der Waals surface area contributed by atoms with E-state index in [1.54, 1.807) is 24.7 Å². The normalized spacial score (nSPS) is 20.6. The van der Waals surface area contributed by atoms with Crippen molar-refractivity contribution < 1.29 is 18.0 Å². The van der Waals surface area contributed by atoms with Gasteiger partial charge in [-0.2, -0.15) is 13.2 Å². The summed E-state index contributed by atoms with van der Waals surface area (Å²) in [5.74, 6) is 0.0409. The number of benzene rings is 2. The number of fused-ring (bicyclic) bond motifs is 3. The zero-order valence-electron chi connectivity index (χ0n) is 19.2. The molecule has 2 aromatic carbocycles. The molecule has 0 unspecified atom stereocenters. The SMILES string of the molecule is C[C@H](NC(=O)[C@@H]1Cc2cc(C(F)(F)F)ccc2N2CCN(c3cnccn3)C[C@H]12)c1ccccc1. The Balaban J connectivity index is 1.46. The number of hydrogen-bond acceptors (Lipinski definition) is 5. The fourth-order valence-corrected chi connectivity index (χ4v) is 5.11. The monoisotopic (exact) mass is 481 g/mol. The van der Waals surface area contributed by atoms with Crippen molar-refractivity contribution in [3.63, 3.8) is 0 Å². The van der Waals surface area contributed by atoms with Gasteiger partial charge in [-0.25, -0.2) is 4.98 Å². The van der Waals surface area contributed by atoms with E-state index in [-0.39, 0.29) is 24.4 Å². The van der Waals surface area contributed by atoms with E-state index in [1.807, 2.05) is 37.3 Å². The van der Waals surface area contributed by atoms with Crippen molar-refractivity contribution in [2.75, 3.05) is 29.4 Å². The number of nitrogens with zero attached hydrogens (tertiary/aromatic N) is 4. The van der Waals surface area contributed by atoms with E-state index in [1.165, 1.54) is 6.07 Å². The van der Waals surface area contributed by atoms with Crippen LogP contribution in [0, 0.1) is 5.92 Å². The first kappa shape index (κ1) is 23.1. The van der Waals surface area contributed by atoms with Crippen molar-refractivity contribution in [3.8, 4) is 0 Å². The first-order chi connectivity index (χ1) is 16.8. The number of amides is 1. The fourth-order valence-electron chi connectivity index (χ4n) is 5.11. The largest absolute Gasteiger partial charge is 0.416 e. The van der Waals surface area contributed by atoms with Gasteiger partial charge in [-0.3, -0.25) is 9.78 Å². The van der Waals surface area contributed by atoms with Crippen LogP contribution in [0.4, 0.5) is 24.7 Å². The highest BCUT2D eigenvalue weighted by Gasteiger charge is 2.43. The van der Waals surface area contributed by atoms with Crippen LogP contribution in [0.1, 0.15) is 29.7 Å². The summed E-state index contributed by atoms with van der Waals surface area (Å²) in [5.41, 5.74) is 1.60. The molecule has 0 aliphatic carbocycles. The van der Waals surface area contributed by atoms with Gasteiger partial charge < -0.3 is 15.1 Å². The maximum Gasteiger partial charge on any atom is 0.416 e. The van der Waals surface area contributed by atoms with Crippen molar-refractivity contribution in [1.82, 2.24) is 15.3 Å². The Hall–Kier alpha value is -3.62. The molecule has 9 heteroatoms. The number of piperazine rings is 1.